The number of aromatic nitrogens is 1. The summed E-state index contributed by atoms with van der Waals surface area (Å²) in [6.07, 6.45) is 0. The Kier molecular flexibility index (Phi) is 3.29. The van der Waals surface area contributed by atoms with Gasteiger partial charge in [0, 0.05) is 5.39 Å². The second kappa shape index (κ2) is 5.14. The van der Waals surface area contributed by atoms with Crippen LogP contribution in [0.25, 0.3) is 21.9 Å². The molecule has 1 N–H and O–H groups in total. The van der Waals surface area contributed by atoms with Crippen LogP contribution in [0.5, 0.6) is 0 Å². The third-order valence-electron chi connectivity index (χ3n) is 3.36. The van der Waals surface area contributed by atoms with Gasteiger partial charge in [0.2, 0.25) is 0 Å². The van der Waals surface area contributed by atoms with Crippen molar-refractivity contribution in [2.75, 3.05) is 6.61 Å². The Bertz CT molecular complexity index is 1010. The minimum atomic E-state index is -0.821. The van der Waals surface area contributed by atoms with E-state index < -0.39 is 17.2 Å². The number of aryl methyl sites for hydroxylation is 1. The zero-order chi connectivity index (χ0) is 15.9. The van der Waals surface area contributed by atoms with Crippen molar-refractivity contribution in [2.24, 2.45) is 0 Å². The first-order valence-corrected chi connectivity index (χ1v) is 6.79. The fourth-order valence-corrected chi connectivity index (χ4v) is 2.34. The molecule has 6 nitrogen and oxygen atoms in total. The van der Waals surface area contributed by atoms with Gasteiger partial charge in [0.25, 0.3) is 5.56 Å². The zero-order valence-corrected chi connectivity index (χ0v) is 12.1. The van der Waals surface area contributed by atoms with Crippen LogP contribution in [-0.2, 0) is 4.74 Å². The van der Waals surface area contributed by atoms with Gasteiger partial charge in [-0.1, -0.05) is 6.07 Å². The van der Waals surface area contributed by atoms with Crippen LogP contribution in [0.1, 0.15) is 22.8 Å². The summed E-state index contributed by atoms with van der Waals surface area (Å²) >= 11 is 0. The highest BCUT2D eigenvalue weighted by Gasteiger charge is 2.17. The molecule has 0 radical (unpaired) electrons. The van der Waals surface area contributed by atoms with E-state index in [1.807, 2.05) is 13.0 Å². The van der Waals surface area contributed by atoms with Gasteiger partial charge in [-0.25, -0.2) is 9.59 Å². The number of H-pyrrole nitrogens is 1. The average Bonchev–Trinajstić information content (AvgIpc) is 2.46. The first-order valence-electron chi connectivity index (χ1n) is 6.79. The van der Waals surface area contributed by atoms with Gasteiger partial charge >= 0.3 is 11.6 Å². The highest BCUT2D eigenvalue weighted by atomic mass is 16.5. The average molecular weight is 299 g/mol. The number of benzene rings is 1. The number of aromatic amines is 1. The predicted molar refractivity (Wildman–Crippen MR) is 81.3 cm³/mol. The highest BCUT2D eigenvalue weighted by Crippen LogP contribution is 2.21. The van der Waals surface area contributed by atoms with Crippen LogP contribution in [0.3, 0.4) is 0 Å². The number of esters is 1. The molecule has 0 atom stereocenters. The number of nitrogens with one attached hydrogen (secondary N) is 1. The van der Waals surface area contributed by atoms with Crippen molar-refractivity contribution < 1.29 is 13.9 Å². The Labute approximate surface area is 124 Å². The van der Waals surface area contributed by atoms with Crippen molar-refractivity contribution in [1.82, 2.24) is 4.98 Å². The molecule has 0 fully saturated rings. The molecule has 0 spiro atoms. The van der Waals surface area contributed by atoms with Gasteiger partial charge in [-0.05, 0) is 37.6 Å². The van der Waals surface area contributed by atoms with E-state index in [4.69, 9.17) is 9.15 Å². The smallest absolute Gasteiger partial charge is 0.351 e. The minimum Gasteiger partial charge on any atom is -0.462 e. The topological polar surface area (TPSA) is 89.4 Å². The Hall–Kier alpha value is -2.89. The standard InChI is InChI=1S/C16H13NO5/c1-3-21-15(19)11-7-10-13(22-16(11)20)9-5-4-8(2)6-12(9)17-14(10)18/h4-7H,3H2,1-2H3,(H,17,18). The van der Waals surface area contributed by atoms with Gasteiger partial charge in [0.05, 0.1) is 17.5 Å². The van der Waals surface area contributed by atoms with Crippen LogP contribution in [0, 0.1) is 6.92 Å². The predicted octanol–water partition coefficient (Wildman–Crippen LogP) is 2.12. The van der Waals surface area contributed by atoms with E-state index >= 15 is 0 Å². The van der Waals surface area contributed by atoms with E-state index in [0.717, 1.165) is 5.56 Å². The molecule has 0 unspecified atom stereocenters. The molecule has 2 heterocycles. The Morgan fingerprint density at radius 3 is 2.73 bits per heavy atom. The number of pyridine rings is 1. The molecule has 0 bridgehead atoms. The number of carbonyl (C=O) groups is 1. The van der Waals surface area contributed by atoms with E-state index in [0.29, 0.717) is 10.9 Å². The summed E-state index contributed by atoms with van der Waals surface area (Å²) < 4.78 is 10.0. The van der Waals surface area contributed by atoms with Crippen molar-refractivity contribution in [3.63, 3.8) is 0 Å². The second-order valence-corrected chi connectivity index (χ2v) is 4.91. The first-order chi connectivity index (χ1) is 10.5. The molecule has 6 heteroatoms. The molecule has 3 aromatic rings. The highest BCUT2D eigenvalue weighted by molar-refractivity contribution is 6.03. The first kappa shape index (κ1) is 14.1. The molecule has 0 saturated heterocycles. The minimum absolute atomic E-state index is 0.129. The monoisotopic (exact) mass is 299 g/mol. The lowest BCUT2D eigenvalue weighted by molar-refractivity contribution is 0.0522. The molecule has 112 valence electrons. The zero-order valence-electron chi connectivity index (χ0n) is 12.1. The normalized spacial score (nSPS) is 11.0. The molecule has 0 saturated carbocycles. The number of ether oxygens (including phenoxy) is 1. The van der Waals surface area contributed by atoms with Gasteiger partial charge in [0.1, 0.15) is 5.56 Å². The molecule has 0 aliphatic heterocycles. The number of fused-ring (bicyclic) bond motifs is 3. The maximum atomic E-state index is 12.2. The van der Waals surface area contributed by atoms with Gasteiger partial charge in [0.15, 0.2) is 5.58 Å². The maximum absolute atomic E-state index is 12.2. The lowest BCUT2D eigenvalue weighted by atomic mass is 10.1. The van der Waals surface area contributed by atoms with Crippen LogP contribution in [0.15, 0.2) is 38.3 Å². The fraction of sp³-hybridized carbons (Fsp3) is 0.188. The summed E-state index contributed by atoms with van der Waals surface area (Å²) in [4.78, 5) is 38.6. The number of hydrogen-bond acceptors (Lipinski definition) is 5. The van der Waals surface area contributed by atoms with Gasteiger partial charge in [-0.15, -0.1) is 0 Å². The maximum Gasteiger partial charge on any atom is 0.351 e. The van der Waals surface area contributed by atoms with E-state index in [2.05, 4.69) is 4.98 Å². The molecule has 2 aromatic heterocycles. The van der Waals surface area contributed by atoms with E-state index in [1.165, 1.54) is 6.07 Å². The molecule has 1 aromatic carbocycles. The lowest BCUT2D eigenvalue weighted by Gasteiger charge is -2.05. The molecule has 0 amide bonds. The lowest BCUT2D eigenvalue weighted by Crippen LogP contribution is -2.18. The number of carbonyl (C=O) groups excluding carboxylic acids is 1. The second-order valence-electron chi connectivity index (χ2n) is 4.91. The van der Waals surface area contributed by atoms with E-state index in [9.17, 15) is 14.4 Å². The van der Waals surface area contributed by atoms with Crippen LogP contribution in [-0.4, -0.2) is 17.6 Å². The number of hydrogen-bond donors (Lipinski definition) is 1. The number of rotatable bonds is 2. The molecule has 22 heavy (non-hydrogen) atoms. The quantitative estimate of drug-likeness (QED) is 0.578. The van der Waals surface area contributed by atoms with Crippen molar-refractivity contribution in [1.29, 1.82) is 0 Å². The van der Waals surface area contributed by atoms with Gasteiger partial charge < -0.3 is 14.1 Å². The molecular weight excluding hydrogens is 286 g/mol. The third-order valence-corrected chi connectivity index (χ3v) is 3.36. The summed E-state index contributed by atoms with van der Waals surface area (Å²) in [7, 11) is 0. The van der Waals surface area contributed by atoms with Crippen molar-refractivity contribution in [3.05, 3.63) is 56.2 Å². The van der Waals surface area contributed by atoms with E-state index in [-0.39, 0.29) is 23.1 Å². The van der Waals surface area contributed by atoms with Crippen LogP contribution >= 0.6 is 0 Å². The van der Waals surface area contributed by atoms with Gasteiger partial charge in [-0.3, -0.25) is 4.79 Å². The largest absolute Gasteiger partial charge is 0.462 e. The van der Waals surface area contributed by atoms with Gasteiger partial charge in [-0.2, -0.15) is 0 Å². The van der Waals surface area contributed by atoms with Crippen molar-refractivity contribution >= 4 is 27.8 Å². The third kappa shape index (κ3) is 2.18. The van der Waals surface area contributed by atoms with Crippen LogP contribution in [0.2, 0.25) is 0 Å². The van der Waals surface area contributed by atoms with E-state index in [1.54, 1.807) is 19.1 Å². The van der Waals surface area contributed by atoms with Crippen LogP contribution < -0.4 is 11.2 Å². The fourth-order valence-electron chi connectivity index (χ4n) is 2.34. The molecule has 0 aliphatic carbocycles. The summed E-state index contributed by atoms with van der Waals surface area (Å²) in [5.74, 6) is -0.804. The summed E-state index contributed by atoms with van der Waals surface area (Å²) in [6.45, 7) is 3.65. The Morgan fingerprint density at radius 2 is 2.00 bits per heavy atom. The summed E-state index contributed by atoms with van der Waals surface area (Å²) in [5, 5.41) is 0.742. The van der Waals surface area contributed by atoms with Crippen LogP contribution in [0.4, 0.5) is 0 Å². The molecule has 0 aliphatic rings. The van der Waals surface area contributed by atoms with Crippen molar-refractivity contribution in [2.45, 2.75) is 13.8 Å². The molecule has 3 rings (SSSR count). The summed E-state index contributed by atoms with van der Waals surface area (Å²) in [5.41, 5.74) is 0.168. The SMILES string of the molecule is CCOC(=O)c1cc2c(=O)[nH]c3cc(C)ccc3c2oc1=O. The summed E-state index contributed by atoms with van der Waals surface area (Å²) in [6, 6.07) is 6.61. The Morgan fingerprint density at radius 1 is 1.23 bits per heavy atom. The molecular formula is C16H13NO5. The van der Waals surface area contributed by atoms with Crippen molar-refractivity contribution in [3.8, 4) is 0 Å². The Balaban J connectivity index is 2.40.